The van der Waals surface area contributed by atoms with Crippen LogP contribution in [0.5, 0.6) is 0 Å². The van der Waals surface area contributed by atoms with Crippen LogP contribution >= 0.6 is 0 Å². The maximum absolute atomic E-state index is 12.8. The molecule has 1 amide bonds. The lowest BCUT2D eigenvalue weighted by molar-refractivity contribution is -0.134. The molecule has 21 heavy (non-hydrogen) atoms. The summed E-state index contributed by atoms with van der Waals surface area (Å²) < 4.78 is 5.36. The van der Waals surface area contributed by atoms with E-state index in [4.69, 9.17) is 4.42 Å². The summed E-state index contributed by atoms with van der Waals surface area (Å²) in [6.07, 6.45) is 2.62. The van der Waals surface area contributed by atoms with Gasteiger partial charge in [-0.1, -0.05) is 24.3 Å². The van der Waals surface area contributed by atoms with Crippen molar-refractivity contribution < 1.29 is 9.21 Å². The molecule has 1 atom stereocenters. The number of rotatable bonds is 4. The largest absolute Gasteiger partial charge is 0.467 e. The summed E-state index contributed by atoms with van der Waals surface area (Å²) >= 11 is 0. The zero-order valence-corrected chi connectivity index (χ0v) is 12.2. The minimum absolute atomic E-state index is 0.112. The lowest BCUT2D eigenvalue weighted by Gasteiger charge is -2.30. The molecule has 0 spiro atoms. The quantitative estimate of drug-likeness (QED) is 0.938. The fraction of sp³-hybridized carbons (Fsp3) is 0.353. The van der Waals surface area contributed by atoms with E-state index in [2.05, 4.69) is 11.4 Å². The van der Waals surface area contributed by atoms with Gasteiger partial charge in [-0.2, -0.15) is 0 Å². The molecule has 4 heteroatoms. The predicted octanol–water partition coefficient (Wildman–Crippen LogP) is 2.52. The maximum Gasteiger partial charge on any atom is 0.244 e. The average Bonchev–Trinajstić information content (AvgIpc) is 3.04. The van der Waals surface area contributed by atoms with Crippen LogP contribution in [-0.2, 0) is 17.8 Å². The first-order chi connectivity index (χ1) is 10.3. The van der Waals surface area contributed by atoms with Gasteiger partial charge in [0.25, 0.3) is 0 Å². The normalized spacial score (nSPS) is 17.3. The number of fused-ring (bicyclic) bond motifs is 1. The second-order valence-electron chi connectivity index (χ2n) is 5.27. The number of furan rings is 1. The van der Waals surface area contributed by atoms with Crippen LogP contribution in [0.25, 0.3) is 0 Å². The molecular weight excluding hydrogens is 264 g/mol. The SMILES string of the molecule is CCN(Cc1ccco1)C(=O)C1NCCc2ccccc21. The molecular formula is C17H20N2O2. The van der Waals surface area contributed by atoms with Gasteiger partial charge >= 0.3 is 0 Å². The van der Waals surface area contributed by atoms with Gasteiger partial charge in [-0.25, -0.2) is 0 Å². The summed E-state index contributed by atoms with van der Waals surface area (Å²) in [7, 11) is 0. The molecule has 4 nitrogen and oxygen atoms in total. The summed E-state index contributed by atoms with van der Waals surface area (Å²) in [4.78, 5) is 14.7. The molecule has 1 aliphatic rings. The van der Waals surface area contributed by atoms with Crippen LogP contribution in [0.1, 0.15) is 29.9 Å². The summed E-state index contributed by atoms with van der Waals surface area (Å²) in [5.74, 6) is 0.926. The Morgan fingerprint density at radius 1 is 1.33 bits per heavy atom. The fourth-order valence-electron chi connectivity index (χ4n) is 2.84. The zero-order chi connectivity index (χ0) is 14.7. The van der Waals surface area contributed by atoms with Crippen molar-refractivity contribution in [2.45, 2.75) is 25.9 Å². The fourth-order valence-corrected chi connectivity index (χ4v) is 2.84. The van der Waals surface area contributed by atoms with Crippen molar-refractivity contribution in [3.05, 3.63) is 59.5 Å². The second kappa shape index (κ2) is 6.14. The third kappa shape index (κ3) is 2.85. The Bertz CT molecular complexity index is 607. The molecule has 1 unspecified atom stereocenters. The Morgan fingerprint density at radius 3 is 2.95 bits per heavy atom. The molecule has 1 aliphatic heterocycles. The van der Waals surface area contributed by atoms with Crippen LogP contribution in [0.4, 0.5) is 0 Å². The molecule has 3 rings (SSSR count). The summed E-state index contributed by atoms with van der Waals surface area (Å²) in [6.45, 7) is 4.02. The van der Waals surface area contributed by atoms with E-state index in [0.717, 1.165) is 24.3 Å². The van der Waals surface area contributed by atoms with E-state index < -0.39 is 0 Å². The Kier molecular flexibility index (Phi) is 4.06. The number of hydrogen-bond donors (Lipinski definition) is 1. The van der Waals surface area contributed by atoms with Gasteiger partial charge in [0.1, 0.15) is 11.8 Å². The summed E-state index contributed by atoms with van der Waals surface area (Å²) in [5.41, 5.74) is 2.37. The number of nitrogens with zero attached hydrogens (tertiary/aromatic N) is 1. The lowest BCUT2D eigenvalue weighted by Crippen LogP contribution is -2.43. The topological polar surface area (TPSA) is 45.5 Å². The molecule has 1 aromatic carbocycles. The van der Waals surface area contributed by atoms with Crippen LogP contribution < -0.4 is 5.32 Å². The minimum atomic E-state index is -0.245. The minimum Gasteiger partial charge on any atom is -0.467 e. The van der Waals surface area contributed by atoms with E-state index in [1.165, 1.54) is 5.56 Å². The number of carbonyl (C=O) groups is 1. The van der Waals surface area contributed by atoms with Crippen LogP contribution in [0, 0.1) is 0 Å². The van der Waals surface area contributed by atoms with Crippen molar-refractivity contribution in [2.24, 2.45) is 0 Å². The zero-order valence-electron chi connectivity index (χ0n) is 12.2. The van der Waals surface area contributed by atoms with Gasteiger partial charge in [0.05, 0.1) is 12.8 Å². The standard InChI is InChI=1S/C17H20N2O2/c1-2-19(12-14-7-5-11-21-14)17(20)16-15-8-4-3-6-13(15)9-10-18-16/h3-8,11,16,18H,2,9-10,12H2,1H3. The van der Waals surface area contributed by atoms with Gasteiger partial charge in [0.15, 0.2) is 0 Å². The highest BCUT2D eigenvalue weighted by molar-refractivity contribution is 5.84. The van der Waals surface area contributed by atoms with Crippen molar-refractivity contribution in [3.63, 3.8) is 0 Å². The molecule has 0 fully saturated rings. The van der Waals surface area contributed by atoms with Crippen molar-refractivity contribution >= 4 is 5.91 Å². The second-order valence-corrected chi connectivity index (χ2v) is 5.27. The highest BCUT2D eigenvalue weighted by atomic mass is 16.3. The van der Waals surface area contributed by atoms with Crippen LogP contribution in [-0.4, -0.2) is 23.9 Å². The van der Waals surface area contributed by atoms with E-state index in [-0.39, 0.29) is 11.9 Å². The molecule has 110 valence electrons. The average molecular weight is 284 g/mol. The van der Waals surface area contributed by atoms with Crippen LogP contribution in [0.15, 0.2) is 47.1 Å². The van der Waals surface area contributed by atoms with Gasteiger partial charge < -0.3 is 14.6 Å². The first kappa shape index (κ1) is 13.9. The van der Waals surface area contributed by atoms with Crippen molar-refractivity contribution in [3.8, 4) is 0 Å². The summed E-state index contributed by atoms with van der Waals surface area (Å²) in [6, 6.07) is 11.7. The number of amides is 1. The lowest BCUT2D eigenvalue weighted by atomic mass is 9.93. The number of hydrogen-bond acceptors (Lipinski definition) is 3. The molecule has 0 bridgehead atoms. The van der Waals surface area contributed by atoms with Crippen molar-refractivity contribution in [2.75, 3.05) is 13.1 Å². The smallest absolute Gasteiger partial charge is 0.244 e. The molecule has 2 heterocycles. The Labute approximate surface area is 124 Å². The molecule has 0 saturated heterocycles. The van der Waals surface area contributed by atoms with Gasteiger partial charge in [-0.15, -0.1) is 0 Å². The number of carbonyl (C=O) groups excluding carboxylic acids is 1. The number of likely N-dealkylation sites (N-methyl/N-ethyl adjacent to an activating group) is 1. The van der Waals surface area contributed by atoms with E-state index in [9.17, 15) is 4.79 Å². The highest BCUT2D eigenvalue weighted by Gasteiger charge is 2.29. The van der Waals surface area contributed by atoms with Gasteiger partial charge in [-0.05, 0) is 36.6 Å². The number of benzene rings is 1. The first-order valence-electron chi connectivity index (χ1n) is 7.42. The van der Waals surface area contributed by atoms with Gasteiger partial charge in [0, 0.05) is 13.1 Å². The van der Waals surface area contributed by atoms with Gasteiger partial charge in [0.2, 0.25) is 5.91 Å². The first-order valence-corrected chi connectivity index (χ1v) is 7.42. The Morgan fingerprint density at radius 2 is 2.19 bits per heavy atom. The van der Waals surface area contributed by atoms with E-state index in [1.807, 2.05) is 42.2 Å². The molecule has 0 aliphatic carbocycles. The highest BCUT2D eigenvalue weighted by Crippen LogP contribution is 2.25. The van der Waals surface area contributed by atoms with Gasteiger partial charge in [-0.3, -0.25) is 4.79 Å². The summed E-state index contributed by atoms with van der Waals surface area (Å²) in [5, 5.41) is 3.35. The van der Waals surface area contributed by atoms with Crippen LogP contribution in [0.2, 0.25) is 0 Å². The monoisotopic (exact) mass is 284 g/mol. The van der Waals surface area contributed by atoms with E-state index in [1.54, 1.807) is 6.26 Å². The Balaban J connectivity index is 1.81. The molecule has 0 saturated carbocycles. The maximum atomic E-state index is 12.8. The van der Waals surface area contributed by atoms with Crippen molar-refractivity contribution in [1.82, 2.24) is 10.2 Å². The molecule has 1 aromatic heterocycles. The Hall–Kier alpha value is -2.07. The molecule has 1 N–H and O–H groups in total. The van der Waals surface area contributed by atoms with Crippen molar-refractivity contribution in [1.29, 1.82) is 0 Å². The molecule has 2 aromatic rings. The molecule has 0 radical (unpaired) electrons. The van der Waals surface area contributed by atoms with E-state index >= 15 is 0 Å². The third-order valence-corrected chi connectivity index (χ3v) is 3.98. The van der Waals surface area contributed by atoms with Crippen LogP contribution in [0.3, 0.4) is 0 Å². The predicted molar refractivity (Wildman–Crippen MR) is 80.7 cm³/mol. The number of nitrogens with one attached hydrogen (secondary N) is 1. The van der Waals surface area contributed by atoms with E-state index in [0.29, 0.717) is 13.1 Å². The third-order valence-electron chi connectivity index (χ3n) is 3.98.